The number of rotatable bonds is 5. The number of ether oxygens (including phenoxy) is 1. The Morgan fingerprint density at radius 1 is 1.29 bits per heavy atom. The van der Waals surface area contributed by atoms with E-state index in [1.807, 2.05) is 31.2 Å². The minimum Gasteiger partial charge on any atom is -0.492 e. The van der Waals surface area contributed by atoms with Gasteiger partial charge in [0, 0.05) is 18.2 Å². The molecular formula is C14H22N2O. The van der Waals surface area contributed by atoms with Gasteiger partial charge in [-0.15, -0.1) is 0 Å². The van der Waals surface area contributed by atoms with Crippen LogP contribution >= 0.6 is 0 Å². The Hall–Kier alpha value is -1.06. The standard InChI is InChI=1S/C14H22N2O/c1-12(15)13-6-2-3-7-14(13)17-11-10-16-8-4-5-9-16/h2-3,6-7,12H,4-5,8-11,15H2,1H3/t12-/m0/s1. The summed E-state index contributed by atoms with van der Waals surface area (Å²) in [6.45, 7) is 6.20. The van der Waals surface area contributed by atoms with Gasteiger partial charge in [0.05, 0.1) is 0 Å². The van der Waals surface area contributed by atoms with E-state index >= 15 is 0 Å². The smallest absolute Gasteiger partial charge is 0.124 e. The molecule has 0 bridgehead atoms. The highest BCUT2D eigenvalue weighted by Gasteiger charge is 2.12. The highest BCUT2D eigenvalue weighted by atomic mass is 16.5. The molecule has 1 aromatic carbocycles. The molecule has 0 aliphatic carbocycles. The summed E-state index contributed by atoms with van der Waals surface area (Å²) < 4.78 is 5.84. The van der Waals surface area contributed by atoms with Crippen LogP contribution in [0, 0.1) is 0 Å². The average Bonchev–Trinajstić information content (AvgIpc) is 2.82. The lowest BCUT2D eigenvalue weighted by Crippen LogP contribution is -2.25. The third-order valence-corrected chi connectivity index (χ3v) is 3.27. The van der Waals surface area contributed by atoms with Crippen LogP contribution in [0.1, 0.15) is 31.4 Å². The minimum atomic E-state index is 0.0259. The van der Waals surface area contributed by atoms with Gasteiger partial charge in [-0.3, -0.25) is 4.90 Å². The fourth-order valence-electron chi connectivity index (χ4n) is 2.28. The lowest BCUT2D eigenvalue weighted by atomic mass is 10.1. The van der Waals surface area contributed by atoms with Crippen LogP contribution in [-0.4, -0.2) is 31.1 Å². The van der Waals surface area contributed by atoms with Crippen LogP contribution in [0.2, 0.25) is 0 Å². The van der Waals surface area contributed by atoms with E-state index in [0.717, 1.165) is 24.5 Å². The Balaban J connectivity index is 1.85. The quantitative estimate of drug-likeness (QED) is 0.848. The van der Waals surface area contributed by atoms with E-state index < -0.39 is 0 Å². The Bertz CT molecular complexity index is 346. The fourth-order valence-corrected chi connectivity index (χ4v) is 2.28. The van der Waals surface area contributed by atoms with Crippen LogP contribution in [0.3, 0.4) is 0 Å². The Labute approximate surface area is 104 Å². The molecule has 1 aromatic rings. The molecule has 0 amide bonds. The summed E-state index contributed by atoms with van der Waals surface area (Å²) in [5.74, 6) is 0.932. The monoisotopic (exact) mass is 234 g/mol. The lowest BCUT2D eigenvalue weighted by Gasteiger charge is -2.17. The van der Waals surface area contributed by atoms with Crippen LogP contribution in [-0.2, 0) is 0 Å². The molecule has 1 fully saturated rings. The predicted molar refractivity (Wildman–Crippen MR) is 70.2 cm³/mol. The molecule has 1 saturated heterocycles. The van der Waals surface area contributed by atoms with Crippen molar-refractivity contribution >= 4 is 0 Å². The Morgan fingerprint density at radius 3 is 2.71 bits per heavy atom. The molecule has 2 N–H and O–H groups in total. The van der Waals surface area contributed by atoms with E-state index in [1.165, 1.54) is 25.9 Å². The van der Waals surface area contributed by atoms with Crippen molar-refractivity contribution in [1.29, 1.82) is 0 Å². The first-order chi connectivity index (χ1) is 8.27. The van der Waals surface area contributed by atoms with Crippen molar-refractivity contribution in [3.05, 3.63) is 29.8 Å². The molecular weight excluding hydrogens is 212 g/mol. The molecule has 0 saturated carbocycles. The summed E-state index contributed by atoms with van der Waals surface area (Å²) in [4.78, 5) is 2.45. The van der Waals surface area contributed by atoms with E-state index in [1.54, 1.807) is 0 Å². The number of nitrogens with two attached hydrogens (primary N) is 1. The van der Waals surface area contributed by atoms with Crippen LogP contribution in [0.15, 0.2) is 24.3 Å². The van der Waals surface area contributed by atoms with E-state index in [-0.39, 0.29) is 6.04 Å². The average molecular weight is 234 g/mol. The number of para-hydroxylation sites is 1. The van der Waals surface area contributed by atoms with Crippen molar-refractivity contribution in [2.45, 2.75) is 25.8 Å². The maximum Gasteiger partial charge on any atom is 0.124 e. The zero-order valence-corrected chi connectivity index (χ0v) is 10.6. The molecule has 1 aliphatic heterocycles. The van der Waals surface area contributed by atoms with Crippen LogP contribution in [0.4, 0.5) is 0 Å². The Kier molecular flexibility index (Phi) is 4.40. The molecule has 2 rings (SSSR count). The second kappa shape index (κ2) is 6.03. The van der Waals surface area contributed by atoms with Gasteiger partial charge in [0.25, 0.3) is 0 Å². The van der Waals surface area contributed by atoms with Crippen molar-refractivity contribution in [3.8, 4) is 5.75 Å². The number of hydrogen-bond acceptors (Lipinski definition) is 3. The highest BCUT2D eigenvalue weighted by molar-refractivity contribution is 5.35. The molecule has 3 nitrogen and oxygen atoms in total. The van der Waals surface area contributed by atoms with E-state index in [4.69, 9.17) is 10.5 Å². The van der Waals surface area contributed by atoms with Crippen LogP contribution in [0.25, 0.3) is 0 Å². The summed E-state index contributed by atoms with van der Waals surface area (Å²) in [6, 6.07) is 8.07. The number of likely N-dealkylation sites (tertiary alicyclic amines) is 1. The zero-order chi connectivity index (χ0) is 12.1. The van der Waals surface area contributed by atoms with E-state index in [0.29, 0.717) is 0 Å². The summed E-state index contributed by atoms with van der Waals surface area (Å²) in [5.41, 5.74) is 7.01. The van der Waals surface area contributed by atoms with Crippen molar-refractivity contribution in [1.82, 2.24) is 4.90 Å². The molecule has 1 heterocycles. The summed E-state index contributed by atoms with van der Waals surface area (Å²) in [6.07, 6.45) is 2.66. The topological polar surface area (TPSA) is 38.5 Å². The molecule has 0 spiro atoms. The first kappa shape index (κ1) is 12.4. The second-order valence-corrected chi connectivity index (χ2v) is 4.72. The van der Waals surface area contributed by atoms with Crippen molar-refractivity contribution in [2.24, 2.45) is 5.73 Å². The maximum absolute atomic E-state index is 5.92. The lowest BCUT2D eigenvalue weighted by molar-refractivity contribution is 0.236. The summed E-state index contributed by atoms with van der Waals surface area (Å²) in [7, 11) is 0. The summed E-state index contributed by atoms with van der Waals surface area (Å²) in [5, 5.41) is 0. The van der Waals surface area contributed by atoms with Gasteiger partial charge in [-0.25, -0.2) is 0 Å². The summed E-state index contributed by atoms with van der Waals surface area (Å²) >= 11 is 0. The van der Waals surface area contributed by atoms with Gasteiger partial charge in [-0.1, -0.05) is 18.2 Å². The van der Waals surface area contributed by atoms with Gasteiger partial charge >= 0.3 is 0 Å². The molecule has 1 atom stereocenters. The second-order valence-electron chi connectivity index (χ2n) is 4.72. The van der Waals surface area contributed by atoms with E-state index in [2.05, 4.69) is 4.90 Å². The van der Waals surface area contributed by atoms with Crippen LogP contribution < -0.4 is 10.5 Å². The van der Waals surface area contributed by atoms with Crippen molar-refractivity contribution in [2.75, 3.05) is 26.2 Å². The maximum atomic E-state index is 5.92. The molecule has 0 aromatic heterocycles. The minimum absolute atomic E-state index is 0.0259. The SMILES string of the molecule is C[C@H](N)c1ccccc1OCCN1CCCC1. The predicted octanol–water partition coefficient (Wildman–Crippen LogP) is 2.18. The first-order valence-corrected chi connectivity index (χ1v) is 6.47. The molecule has 0 unspecified atom stereocenters. The van der Waals surface area contributed by atoms with Gasteiger partial charge in [0.1, 0.15) is 12.4 Å². The van der Waals surface area contributed by atoms with Gasteiger partial charge in [0.15, 0.2) is 0 Å². The highest BCUT2D eigenvalue weighted by Crippen LogP contribution is 2.23. The first-order valence-electron chi connectivity index (χ1n) is 6.47. The third kappa shape index (κ3) is 3.45. The van der Waals surface area contributed by atoms with Gasteiger partial charge in [0.2, 0.25) is 0 Å². The number of hydrogen-bond donors (Lipinski definition) is 1. The molecule has 17 heavy (non-hydrogen) atoms. The largest absolute Gasteiger partial charge is 0.492 e. The third-order valence-electron chi connectivity index (χ3n) is 3.27. The van der Waals surface area contributed by atoms with Gasteiger partial charge in [-0.2, -0.15) is 0 Å². The molecule has 1 aliphatic rings. The Morgan fingerprint density at radius 2 is 2.00 bits per heavy atom. The van der Waals surface area contributed by atoms with Crippen molar-refractivity contribution < 1.29 is 4.74 Å². The zero-order valence-electron chi connectivity index (χ0n) is 10.6. The van der Waals surface area contributed by atoms with Crippen LogP contribution in [0.5, 0.6) is 5.75 Å². The number of nitrogens with zero attached hydrogens (tertiary/aromatic N) is 1. The molecule has 0 radical (unpaired) electrons. The molecule has 3 heteroatoms. The van der Waals surface area contributed by atoms with Crippen molar-refractivity contribution in [3.63, 3.8) is 0 Å². The number of benzene rings is 1. The fraction of sp³-hybridized carbons (Fsp3) is 0.571. The van der Waals surface area contributed by atoms with Gasteiger partial charge in [-0.05, 0) is 38.9 Å². The van der Waals surface area contributed by atoms with Gasteiger partial charge < -0.3 is 10.5 Å². The normalized spacial score (nSPS) is 18.2. The molecule has 94 valence electrons. The van der Waals surface area contributed by atoms with E-state index in [9.17, 15) is 0 Å².